The lowest BCUT2D eigenvalue weighted by atomic mass is 10.4. The van der Waals surface area contributed by atoms with Crippen molar-refractivity contribution in [3.05, 3.63) is 0 Å². The number of hydrogen-bond donors (Lipinski definition) is 0. The normalized spacial score (nSPS) is 12.0. The first kappa shape index (κ1) is 18.1. The summed E-state index contributed by atoms with van der Waals surface area (Å²) in [7, 11) is -2.90. The highest BCUT2D eigenvalue weighted by atomic mass is 28.4. The van der Waals surface area contributed by atoms with Crippen molar-refractivity contribution >= 4 is 9.05 Å². The average Bonchev–Trinajstić information content (AvgIpc) is 2.40. The molecule has 0 aliphatic carbocycles. The summed E-state index contributed by atoms with van der Waals surface area (Å²) in [6.45, 7) is 10.9. The fourth-order valence-electron chi connectivity index (χ4n) is 1.27. The number of unbranched alkanes of at least 4 members (excludes halogenated alkanes) is 1. The SMILES string of the molecule is CCCCO[Si](OCCC)(OCCC)OCCC. The summed E-state index contributed by atoms with van der Waals surface area (Å²) >= 11 is 0. The van der Waals surface area contributed by atoms with Crippen LogP contribution in [0.15, 0.2) is 0 Å². The van der Waals surface area contributed by atoms with Gasteiger partial charge in [0, 0.05) is 26.4 Å². The predicted molar refractivity (Wildman–Crippen MR) is 75.3 cm³/mol. The van der Waals surface area contributed by atoms with Crippen molar-refractivity contribution in [3.8, 4) is 0 Å². The van der Waals surface area contributed by atoms with Gasteiger partial charge in [-0.05, 0) is 25.7 Å². The highest BCUT2D eigenvalue weighted by Crippen LogP contribution is 2.14. The van der Waals surface area contributed by atoms with E-state index in [-0.39, 0.29) is 0 Å². The molecule has 5 heteroatoms. The second-order valence-corrected chi connectivity index (χ2v) is 6.40. The van der Waals surface area contributed by atoms with E-state index in [1.165, 1.54) is 0 Å². The van der Waals surface area contributed by atoms with Crippen LogP contribution in [0, 0.1) is 0 Å². The zero-order chi connectivity index (χ0) is 13.7. The van der Waals surface area contributed by atoms with E-state index in [0.29, 0.717) is 26.4 Å². The Morgan fingerprint density at radius 3 is 1.28 bits per heavy atom. The van der Waals surface area contributed by atoms with Gasteiger partial charge in [-0.3, -0.25) is 0 Å². The molecule has 0 saturated carbocycles. The largest absolute Gasteiger partial charge is 0.679 e. The van der Waals surface area contributed by atoms with Crippen molar-refractivity contribution in [3.63, 3.8) is 0 Å². The summed E-state index contributed by atoms with van der Waals surface area (Å²) < 4.78 is 23.3. The fourth-order valence-corrected chi connectivity index (χ4v) is 3.53. The third-order valence-electron chi connectivity index (χ3n) is 2.23. The van der Waals surface area contributed by atoms with Crippen molar-refractivity contribution in [1.29, 1.82) is 0 Å². The van der Waals surface area contributed by atoms with Gasteiger partial charge in [0.25, 0.3) is 0 Å². The van der Waals surface area contributed by atoms with Crippen LogP contribution in [-0.4, -0.2) is 35.5 Å². The molecule has 0 aliphatic heterocycles. The fraction of sp³-hybridized carbons (Fsp3) is 1.00. The summed E-state index contributed by atoms with van der Waals surface area (Å²) in [5.41, 5.74) is 0. The zero-order valence-corrected chi connectivity index (χ0v) is 13.5. The molecule has 18 heavy (non-hydrogen) atoms. The van der Waals surface area contributed by atoms with Gasteiger partial charge in [0.05, 0.1) is 0 Å². The highest BCUT2D eigenvalue weighted by Gasteiger charge is 2.45. The van der Waals surface area contributed by atoms with Gasteiger partial charge in [-0.2, -0.15) is 0 Å². The molecule has 0 bridgehead atoms. The van der Waals surface area contributed by atoms with Gasteiger partial charge in [0.1, 0.15) is 0 Å². The van der Waals surface area contributed by atoms with Crippen molar-refractivity contribution < 1.29 is 17.7 Å². The van der Waals surface area contributed by atoms with Crippen molar-refractivity contribution in [2.75, 3.05) is 26.4 Å². The van der Waals surface area contributed by atoms with Crippen LogP contribution in [0.2, 0.25) is 0 Å². The number of rotatable bonds is 13. The Kier molecular flexibility index (Phi) is 12.1. The van der Waals surface area contributed by atoms with E-state index in [0.717, 1.165) is 32.1 Å². The second-order valence-electron chi connectivity index (χ2n) is 4.25. The van der Waals surface area contributed by atoms with Gasteiger partial charge in [0.2, 0.25) is 0 Å². The number of hydrogen-bond acceptors (Lipinski definition) is 4. The molecule has 0 aromatic heterocycles. The van der Waals surface area contributed by atoms with Crippen LogP contribution in [0.5, 0.6) is 0 Å². The second kappa shape index (κ2) is 12.1. The minimum atomic E-state index is -2.90. The van der Waals surface area contributed by atoms with Gasteiger partial charge in [-0.1, -0.05) is 34.1 Å². The van der Waals surface area contributed by atoms with Crippen LogP contribution in [0.1, 0.15) is 59.8 Å². The maximum Gasteiger partial charge on any atom is 0.679 e. The lowest BCUT2D eigenvalue weighted by Gasteiger charge is -2.27. The Balaban J connectivity index is 4.41. The topological polar surface area (TPSA) is 36.9 Å². The van der Waals surface area contributed by atoms with Gasteiger partial charge >= 0.3 is 9.05 Å². The quantitative estimate of drug-likeness (QED) is 0.381. The van der Waals surface area contributed by atoms with Crippen molar-refractivity contribution in [2.45, 2.75) is 59.8 Å². The predicted octanol–water partition coefficient (Wildman–Crippen LogP) is 3.52. The summed E-state index contributed by atoms with van der Waals surface area (Å²) in [4.78, 5) is 0. The van der Waals surface area contributed by atoms with Crippen LogP contribution in [0.3, 0.4) is 0 Å². The molecule has 0 N–H and O–H groups in total. The summed E-state index contributed by atoms with van der Waals surface area (Å²) in [5.74, 6) is 0. The van der Waals surface area contributed by atoms with E-state index in [2.05, 4.69) is 27.7 Å². The lowest BCUT2D eigenvalue weighted by Crippen LogP contribution is -2.50. The third kappa shape index (κ3) is 8.21. The summed E-state index contributed by atoms with van der Waals surface area (Å²) in [6, 6.07) is 0. The smallest absolute Gasteiger partial charge is 0.351 e. The Hall–Kier alpha value is 0.0569. The average molecular weight is 278 g/mol. The van der Waals surface area contributed by atoms with Crippen LogP contribution in [0.25, 0.3) is 0 Å². The molecule has 110 valence electrons. The molecule has 0 saturated heterocycles. The molecule has 0 spiro atoms. The Morgan fingerprint density at radius 2 is 0.944 bits per heavy atom. The van der Waals surface area contributed by atoms with Crippen LogP contribution in [-0.2, 0) is 17.7 Å². The van der Waals surface area contributed by atoms with Crippen molar-refractivity contribution in [1.82, 2.24) is 0 Å². The molecule has 0 aliphatic rings. The molecule has 0 fully saturated rings. The molecule has 0 amide bonds. The summed E-state index contributed by atoms with van der Waals surface area (Å²) in [6.07, 6.45) is 4.93. The van der Waals surface area contributed by atoms with Crippen LogP contribution < -0.4 is 0 Å². The first-order valence-electron chi connectivity index (χ1n) is 7.30. The van der Waals surface area contributed by atoms with E-state index < -0.39 is 9.05 Å². The molecule has 0 radical (unpaired) electrons. The zero-order valence-electron chi connectivity index (χ0n) is 12.5. The minimum absolute atomic E-state index is 0.631. The van der Waals surface area contributed by atoms with E-state index in [1.54, 1.807) is 0 Å². The Morgan fingerprint density at radius 1 is 0.556 bits per heavy atom. The van der Waals surface area contributed by atoms with E-state index in [9.17, 15) is 0 Å². The van der Waals surface area contributed by atoms with Gasteiger partial charge in [0.15, 0.2) is 0 Å². The van der Waals surface area contributed by atoms with Gasteiger partial charge < -0.3 is 17.7 Å². The van der Waals surface area contributed by atoms with Crippen LogP contribution in [0.4, 0.5) is 0 Å². The van der Waals surface area contributed by atoms with E-state index in [4.69, 9.17) is 17.7 Å². The molecule has 0 aromatic carbocycles. The van der Waals surface area contributed by atoms with Gasteiger partial charge in [-0.15, -0.1) is 0 Å². The molecule has 0 atom stereocenters. The maximum absolute atomic E-state index is 5.85. The maximum atomic E-state index is 5.85. The molecular weight excluding hydrogens is 248 g/mol. The molecule has 0 aromatic rings. The van der Waals surface area contributed by atoms with E-state index >= 15 is 0 Å². The first-order valence-corrected chi connectivity index (χ1v) is 8.93. The van der Waals surface area contributed by atoms with Gasteiger partial charge in [-0.25, -0.2) is 0 Å². The lowest BCUT2D eigenvalue weighted by molar-refractivity contribution is -0.0352. The molecule has 0 rings (SSSR count). The Labute approximate surface area is 113 Å². The van der Waals surface area contributed by atoms with Crippen LogP contribution >= 0.6 is 0 Å². The first-order chi connectivity index (χ1) is 8.74. The molecule has 4 nitrogen and oxygen atoms in total. The monoisotopic (exact) mass is 278 g/mol. The Bertz CT molecular complexity index is 157. The van der Waals surface area contributed by atoms with Crippen molar-refractivity contribution in [2.24, 2.45) is 0 Å². The third-order valence-corrected chi connectivity index (χ3v) is 4.46. The minimum Gasteiger partial charge on any atom is -0.351 e. The standard InChI is InChI=1S/C13H30O4Si/c1-5-9-13-17-18(14-10-6-2,15-11-7-3)16-12-8-4/h5-13H2,1-4H3. The molecular formula is C13H30O4Si. The summed E-state index contributed by atoms with van der Waals surface area (Å²) in [5, 5.41) is 0. The van der Waals surface area contributed by atoms with E-state index in [1.807, 2.05) is 0 Å². The molecule has 0 heterocycles. The molecule has 0 unspecified atom stereocenters. The highest BCUT2D eigenvalue weighted by molar-refractivity contribution is 6.53.